The Bertz CT molecular complexity index is 1000. The molecule has 4 aromatic rings. The van der Waals surface area contributed by atoms with Crippen LogP contribution in [0.4, 0.5) is 0 Å². The Morgan fingerprint density at radius 3 is 2.73 bits per heavy atom. The lowest BCUT2D eigenvalue weighted by Gasteiger charge is -2.08. The van der Waals surface area contributed by atoms with Gasteiger partial charge in [-0.15, -0.1) is 5.10 Å². The summed E-state index contributed by atoms with van der Waals surface area (Å²) in [7, 11) is 1.62. The largest absolute Gasteiger partial charge is 0.494 e. The molecule has 0 atom stereocenters. The maximum atomic E-state index is 5.82. The fraction of sp³-hybridized carbons (Fsp3) is 0.111. The Morgan fingerprint density at radius 2 is 1.88 bits per heavy atom. The van der Waals surface area contributed by atoms with E-state index >= 15 is 0 Å². The van der Waals surface area contributed by atoms with Crippen LogP contribution in [0.25, 0.3) is 17.0 Å². The van der Waals surface area contributed by atoms with E-state index in [-0.39, 0.29) is 0 Å². The van der Waals surface area contributed by atoms with Gasteiger partial charge >= 0.3 is 0 Å². The van der Waals surface area contributed by atoms with E-state index in [1.54, 1.807) is 18.0 Å². The Balaban J connectivity index is 1.52. The van der Waals surface area contributed by atoms with Crippen molar-refractivity contribution in [2.24, 2.45) is 0 Å². The molecular formula is C18H15N5O2S. The second-order valence-corrected chi connectivity index (χ2v) is 6.26. The quantitative estimate of drug-likeness (QED) is 0.483. The highest BCUT2D eigenvalue weighted by Gasteiger charge is 2.14. The molecule has 0 amide bonds. The summed E-state index contributed by atoms with van der Waals surface area (Å²) in [6.07, 6.45) is 1.73. The minimum Gasteiger partial charge on any atom is -0.494 e. The van der Waals surface area contributed by atoms with Crippen LogP contribution in [0.2, 0.25) is 0 Å². The number of para-hydroxylation sites is 2. The molecule has 0 bridgehead atoms. The van der Waals surface area contributed by atoms with E-state index in [1.165, 1.54) is 11.8 Å². The standard InChI is InChI=1S/C18H15N5O2S/c1-24-15-10-6-5-9-14(15)23-18(20-21-22-23)26-12-17-19-11-16(25-17)13-7-3-2-4-8-13/h2-11H,12H2,1H3. The molecule has 2 aromatic heterocycles. The first-order valence-electron chi connectivity index (χ1n) is 7.90. The van der Waals surface area contributed by atoms with E-state index in [2.05, 4.69) is 20.5 Å². The lowest BCUT2D eigenvalue weighted by Crippen LogP contribution is -2.01. The van der Waals surface area contributed by atoms with Crippen molar-refractivity contribution < 1.29 is 9.15 Å². The number of hydrogen-bond acceptors (Lipinski definition) is 7. The summed E-state index contributed by atoms with van der Waals surface area (Å²) in [6, 6.07) is 17.4. The van der Waals surface area contributed by atoms with Gasteiger partial charge in [0.05, 0.1) is 19.1 Å². The molecule has 0 unspecified atom stereocenters. The molecule has 26 heavy (non-hydrogen) atoms. The molecule has 0 aliphatic rings. The van der Waals surface area contributed by atoms with Crippen LogP contribution in [-0.4, -0.2) is 32.3 Å². The molecule has 0 saturated heterocycles. The molecule has 0 spiro atoms. The monoisotopic (exact) mass is 365 g/mol. The zero-order chi connectivity index (χ0) is 17.8. The molecule has 0 radical (unpaired) electrons. The van der Waals surface area contributed by atoms with Crippen molar-refractivity contribution in [2.45, 2.75) is 10.9 Å². The third kappa shape index (κ3) is 3.31. The van der Waals surface area contributed by atoms with Crippen LogP contribution < -0.4 is 4.74 Å². The van der Waals surface area contributed by atoms with E-state index in [1.807, 2.05) is 54.6 Å². The second kappa shape index (κ2) is 7.40. The van der Waals surface area contributed by atoms with E-state index in [4.69, 9.17) is 9.15 Å². The van der Waals surface area contributed by atoms with Crippen LogP contribution in [0.5, 0.6) is 5.75 Å². The van der Waals surface area contributed by atoms with Gasteiger partial charge in [-0.25, -0.2) is 4.98 Å². The second-order valence-electron chi connectivity index (χ2n) is 5.32. The molecule has 0 fully saturated rings. The normalized spacial score (nSPS) is 10.8. The van der Waals surface area contributed by atoms with E-state index in [0.717, 1.165) is 17.0 Å². The number of rotatable bonds is 6. The van der Waals surface area contributed by atoms with Gasteiger partial charge in [-0.05, 0) is 22.6 Å². The van der Waals surface area contributed by atoms with E-state index in [0.29, 0.717) is 22.5 Å². The number of nitrogens with zero attached hydrogens (tertiary/aromatic N) is 5. The van der Waals surface area contributed by atoms with Crippen LogP contribution in [-0.2, 0) is 5.75 Å². The van der Waals surface area contributed by atoms with Gasteiger partial charge in [-0.3, -0.25) is 0 Å². The third-order valence-electron chi connectivity index (χ3n) is 3.69. The van der Waals surface area contributed by atoms with E-state index < -0.39 is 0 Å². The van der Waals surface area contributed by atoms with E-state index in [9.17, 15) is 0 Å². The first-order chi connectivity index (χ1) is 12.8. The molecule has 7 nitrogen and oxygen atoms in total. The molecule has 0 N–H and O–H groups in total. The number of tetrazole rings is 1. The number of thioether (sulfide) groups is 1. The molecule has 0 aliphatic carbocycles. The number of ether oxygens (including phenoxy) is 1. The summed E-state index contributed by atoms with van der Waals surface area (Å²) in [5.74, 6) is 2.57. The van der Waals surface area contributed by atoms with Gasteiger partial charge < -0.3 is 9.15 Å². The van der Waals surface area contributed by atoms with Gasteiger partial charge in [-0.2, -0.15) is 4.68 Å². The number of hydrogen-bond donors (Lipinski definition) is 0. The fourth-order valence-electron chi connectivity index (χ4n) is 2.46. The van der Waals surface area contributed by atoms with Gasteiger partial charge in [0.1, 0.15) is 11.4 Å². The number of benzene rings is 2. The summed E-state index contributed by atoms with van der Waals surface area (Å²) in [5, 5.41) is 12.6. The summed E-state index contributed by atoms with van der Waals surface area (Å²) in [6.45, 7) is 0. The molecular weight excluding hydrogens is 350 g/mol. The molecule has 2 aromatic carbocycles. The van der Waals surface area contributed by atoms with Crippen molar-refractivity contribution >= 4 is 11.8 Å². The summed E-state index contributed by atoms with van der Waals surface area (Å²) < 4.78 is 12.9. The van der Waals surface area contributed by atoms with Crippen molar-refractivity contribution in [1.29, 1.82) is 0 Å². The first-order valence-corrected chi connectivity index (χ1v) is 8.88. The highest BCUT2D eigenvalue weighted by molar-refractivity contribution is 7.98. The predicted octanol–water partition coefficient (Wildman–Crippen LogP) is 3.62. The third-order valence-corrected chi connectivity index (χ3v) is 4.59. The van der Waals surface area contributed by atoms with Crippen molar-refractivity contribution in [3.8, 4) is 22.8 Å². The molecule has 130 valence electrons. The van der Waals surface area contributed by atoms with Crippen LogP contribution in [0, 0.1) is 0 Å². The number of aromatic nitrogens is 5. The van der Waals surface area contributed by atoms with Crippen molar-refractivity contribution in [2.75, 3.05) is 7.11 Å². The lowest BCUT2D eigenvalue weighted by atomic mass is 10.2. The maximum Gasteiger partial charge on any atom is 0.214 e. The molecule has 0 aliphatic heterocycles. The average Bonchev–Trinajstić information content (AvgIpc) is 3.36. The highest BCUT2D eigenvalue weighted by atomic mass is 32.2. The Hall–Kier alpha value is -3.13. The van der Waals surface area contributed by atoms with Crippen LogP contribution in [0.1, 0.15) is 5.89 Å². The van der Waals surface area contributed by atoms with Crippen molar-refractivity contribution in [3.05, 3.63) is 66.7 Å². The van der Waals surface area contributed by atoms with Gasteiger partial charge in [0, 0.05) is 5.56 Å². The average molecular weight is 365 g/mol. The van der Waals surface area contributed by atoms with Gasteiger partial charge in [0.15, 0.2) is 5.76 Å². The molecule has 2 heterocycles. The molecule has 8 heteroatoms. The minimum absolute atomic E-state index is 0.516. The molecule has 0 saturated carbocycles. The number of methoxy groups -OCH3 is 1. The smallest absolute Gasteiger partial charge is 0.214 e. The Kier molecular flexibility index (Phi) is 4.65. The van der Waals surface area contributed by atoms with Crippen LogP contribution in [0.15, 0.2) is 70.4 Å². The summed E-state index contributed by atoms with van der Waals surface area (Å²) >= 11 is 1.44. The van der Waals surface area contributed by atoms with Crippen LogP contribution in [0.3, 0.4) is 0 Å². The van der Waals surface area contributed by atoms with Crippen molar-refractivity contribution in [1.82, 2.24) is 25.2 Å². The zero-order valence-electron chi connectivity index (χ0n) is 13.9. The summed E-state index contributed by atoms with van der Waals surface area (Å²) in [5.41, 5.74) is 1.77. The fourth-order valence-corrected chi connectivity index (χ4v) is 3.20. The highest BCUT2D eigenvalue weighted by Crippen LogP contribution is 2.28. The Morgan fingerprint density at radius 1 is 1.08 bits per heavy atom. The molecule has 4 rings (SSSR count). The summed E-state index contributed by atoms with van der Waals surface area (Å²) in [4.78, 5) is 4.34. The maximum absolute atomic E-state index is 5.82. The van der Waals surface area contributed by atoms with Gasteiger partial charge in [0.25, 0.3) is 0 Å². The SMILES string of the molecule is COc1ccccc1-n1nnnc1SCc1ncc(-c2ccccc2)o1. The lowest BCUT2D eigenvalue weighted by molar-refractivity contribution is 0.410. The predicted molar refractivity (Wildman–Crippen MR) is 97.2 cm³/mol. The minimum atomic E-state index is 0.516. The topological polar surface area (TPSA) is 78.9 Å². The van der Waals surface area contributed by atoms with Gasteiger partial charge in [-0.1, -0.05) is 54.2 Å². The number of oxazole rings is 1. The first kappa shape index (κ1) is 16.3. The van der Waals surface area contributed by atoms with Crippen molar-refractivity contribution in [3.63, 3.8) is 0 Å². The van der Waals surface area contributed by atoms with Gasteiger partial charge in [0.2, 0.25) is 11.0 Å². The zero-order valence-corrected chi connectivity index (χ0v) is 14.8. The Labute approximate surface area is 154 Å². The van der Waals surface area contributed by atoms with Crippen LogP contribution >= 0.6 is 11.8 Å².